The first-order valence-electron chi connectivity index (χ1n) is 8.85. The van der Waals surface area contributed by atoms with E-state index < -0.39 is 0 Å². The summed E-state index contributed by atoms with van der Waals surface area (Å²) in [5.74, 6) is 1.60. The van der Waals surface area contributed by atoms with E-state index in [2.05, 4.69) is 55.3 Å². The Labute approximate surface area is 160 Å². The van der Waals surface area contributed by atoms with Crippen LogP contribution in [0.4, 0.5) is 5.13 Å². The number of benzene rings is 1. The van der Waals surface area contributed by atoms with Crippen molar-refractivity contribution in [3.8, 4) is 0 Å². The number of imidazole rings is 1. The van der Waals surface area contributed by atoms with Crippen LogP contribution in [0.1, 0.15) is 30.3 Å². The van der Waals surface area contributed by atoms with Crippen LogP contribution in [0, 0.1) is 0 Å². The molecule has 4 heterocycles. The number of hydrogen-bond acceptors (Lipinski definition) is 6. The molecule has 26 heavy (non-hydrogen) atoms. The maximum Gasteiger partial charge on any atom is 0.186 e. The summed E-state index contributed by atoms with van der Waals surface area (Å²) in [6.45, 7) is 2.85. The lowest BCUT2D eigenvalue weighted by Gasteiger charge is -2.32. The first kappa shape index (κ1) is 16.0. The van der Waals surface area contributed by atoms with E-state index in [4.69, 9.17) is 4.98 Å². The zero-order valence-corrected chi connectivity index (χ0v) is 15.9. The van der Waals surface area contributed by atoms with Crippen molar-refractivity contribution >= 4 is 38.0 Å². The van der Waals surface area contributed by atoms with E-state index in [1.54, 1.807) is 22.7 Å². The molecule has 1 saturated heterocycles. The molecule has 1 aromatic carbocycles. The minimum absolute atomic E-state index is 0.435. The van der Waals surface area contributed by atoms with Crippen LogP contribution >= 0.6 is 22.7 Å². The van der Waals surface area contributed by atoms with Crippen LogP contribution in [0.2, 0.25) is 0 Å². The minimum Gasteiger partial charge on any atom is -0.347 e. The number of thiazole rings is 2. The molecule has 4 aromatic rings. The monoisotopic (exact) mass is 381 g/mol. The van der Waals surface area contributed by atoms with Crippen molar-refractivity contribution in [1.82, 2.24) is 19.5 Å². The summed E-state index contributed by atoms with van der Waals surface area (Å²) in [6.07, 6.45) is 6.34. The van der Waals surface area contributed by atoms with Crippen molar-refractivity contribution in [3.63, 3.8) is 0 Å². The van der Waals surface area contributed by atoms with Gasteiger partial charge in [0.1, 0.15) is 5.82 Å². The summed E-state index contributed by atoms with van der Waals surface area (Å²) in [7, 11) is 0. The zero-order valence-electron chi connectivity index (χ0n) is 14.3. The van der Waals surface area contributed by atoms with E-state index in [9.17, 15) is 0 Å². The summed E-state index contributed by atoms with van der Waals surface area (Å²) >= 11 is 3.43. The number of piperidine rings is 1. The quantitative estimate of drug-likeness (QED) is 0.526. The maximum atomic E-state index is 4.84. The Hall–Kier alpha value is -2.25. The molecule has 0 bridgehead atoms. The van der Waals surface area contributed by atoms with Gasteiger partial charge in [0, 0.05) is 36.8 Å². The van der Waals surface area contributed by atoms with Crippen LogP contribution in [0.5, 0.6) is 0 Å². The van der Waals surface area contributed by atoms with Gasteiger partial charge in [-0.1, -0.05) is 23.5 Å². The smallest absolute Gasteiger partial charge is 0.186 e. The summed E-state index contributed by atoms with van der Waals surface area (Å²) in [5.41, 5.74) is 4.09. The molecule has 5 nitrogen and oxygen atoms in total. The van der Waals surface area contributed by atoms with Gasteiger partial charge >= 0.3 is 0 Å². The third kappa shape index (κ3) is 3.01. The number of nitrogens with zero attached hydrogens (tertiary/aromatic N) is 5. The first-order chi connectivity index (χ1) is 12.9. The van der Waals surface area contributed by atoms with E-state index >= 15 is 0 Å². The van der Waals surface area contributed by atoms with Crippen LogP contribution in [0.3, 0.4) is 0 Å². The van der Waals surface area contributed by atoms with Crippen molar-refractivity contribution in [3.05, 3.63) is 59.1 Å². The topological polar surface area (TPSA) is 46.8 Å². The van der Waals surface area contributed by atoms with Crippen molar-refractivity contribution in [2.75, 3.05) is 18.0 Å². The van der Waals surface area contributed by atoms with Crippen LogP contribution in [0.25, 0.3) is 10.2 Å². The van der Waals surface area contributed by atoms with Gasteiger partial charge in [0.25, 0.3) is 0 Å². The maximum absolute atomic E-state index is 4.84. The Bertz CT molecular complexity index is 971. The predicted octanol–water partition coefficient (Wildman–Crippen LogP) is 4.38. The van der Waals surface area contributed by atoms with Gasteiger partial charge in [-0.2, -0.15) is 0 Å². The van der Waals surface area contributed by atoms with Gasteiger partial charge in [-0.05, 0) is 25.0 Å². The molecule has 3 aromatic heterocycles. The Morgan fingerprint density at radius 3 is 3.04 bits per heavy atom. The molecular weight excluding hydrogens is 362 g/mol. The lowest BCUT2D eigenvalue weighted by Crippen LogP contribution is -2.35. The van der Waals surface area contributed by atoms with Gasteiger partial charge in [-0.25, -0.2) is 15.0 Å². The molecule has 0 spiro atoms. The van der Waals surface area contributed by atoms with Gasteiger partial charge in [-0.3, -0.25) is 0 Å². The van der Waals surface area contributed by atoms with Crippen molar-refractivity contribution in [2.24, 2.45) is 0 Å². The molecule has 7 heteroatoms. The molecular formula is C19H19N5S2. The van der Waals surface area contributed by atoms with E-state index in [1.165, 1.54) is 23.4 Å². The largest absolute Gasteiger partial charge is 0.347 e. The SMILES string of the molecule is c1ccc2sc(N3CCC[C@@H](c4nccn4Cc4cscn4)C3)nc2c1. The summed E-state index contributed by atoms with van der Waals surface area (Å²) in [6, 6.07) is 8.38. The second-order valence-corrected chi connectivity index (χ2v) is 8.37. The number of rotatable bonds is 4. The molecule has 0 saturated carbocycles. The molecule has 5 rings (SSSR count). The van der Waals surface area contributed by atoms with E-state index in [1.807, 2.05) is 11.7 Å². The molecule has 1 aliphatic rings. The number of para-hydroxylation sites is 1. The van der Waals surface area contributed by atoms with Gasteiger partial charge in [-0.15, -0.1) is 11.3 Å². The fourth-order valence-corrected chi connectivity index (χ4v) is 5.21. The number of aromatic nitrogens is 4. The lowest BCUT2D eigenvalue weighted by molar-refractivity contribution is 0.475. The number of fused-ring (bicyclic) bond motifs is 1. The fraction of sp³-hybridized carbons (Fsp3) is 0.316. The Morgan fingerprint density at radius 2 is 2.15 bits per heavy atom. The highest BCUT2D eigenvalue weighted by Crippen LogP contribution is 2.34. The highest BCUT2D eigenvalue weighted by Gasteiger charge is 2.26. The van der Waals surface area contributed by atoms with Crippen LogP contribution < -0.4 is 4.90 Å². The molecule has 0 N–H and O–H groups in total. The highest BCUT2D eigenvalue weighted by molar-refractivity contribution is 7.22. The van der Waals surface area contributed by atoms with E-state index in [-0.39, 0.29) is 0 Å². The number of hydrogen-bond donors (Lipinski definition) is 0. The molecule has 0 unspecified atom stereocenters. The first-order valence-corrected chi connectivity index (χ1v) is 10.6. The Morgan fingerprint density at radius 1 is 1.19 bits per heavy atom. The van der Waals surface area contributed by atoms with Crippen molar-refractivity contribution in [1.29, 1.82) is 0 Å². The number of anilines is 1. The fourth-order valence-electron chi connectivity index (χ4n) is 3.66. The minimum atomic E-state index is 0.435. The van der Waals surface area contributed by atoms with Crippen molar-refractivity contribution < 1.29 is 0 Å². The predicted molar refractivity (Wildman–Crippen MR) is 107 cm³/mol. The van der Waals surface area contributed by atoms with Gasteiger partial charge < -0.3 is 9.47 Å². The third-order valence-corrected chi connectivity index (χ3v) is 6.64. The van der Waals surface area contributed by atoms with Gasteiger partial charge in [0.2, 0.25) is 0 Å². The Balaban J connectivity index is 1.38. The normalized spacial score (nSPS) is 17.8. The molecule has 0 aliphatic carbocycles. The average Bonchev–Trinajstić information content (AvgIpc) is 3.42. The molecule has 0 amide bonds. The summed E-state index contributed by atoms with van der Waals surface area (Å²) in [4.78, 5) is 16.4. The highest BCUT2D eigenvalue weighted by atomic mass is 32.1. The Kier molecular flexibility index (Phi) is 4.18. The second kappa shape index (κ2) is 6.81. The summed E-state index contributed by atoms with van der Waals surface area (Å²) < 4.78 is 3.51. The van der Waals surface area contributed by atoms with E-state index in [0.29, 0.717) is 5.92 Å². The third-order valence-electron chi connectivity index (χ3n) is 4.90. The van der Waals surface area contributed by atoms with Crippen LogP contribution in [-0.2, 0) is 6.54 Å². The lowest BCUT2D eigenvalue weighted by atomic mass is 9.97. The molecule has 0 radical (unpaired) electrons. The summed E-state index contributed by atoms with van der Waals surface area (Å²) in [5, 5.41) is 3.24. The van der Waals surface area contributed by atoms with Gasteiger partial charge in [0.05, 0.1) is 28.0 Å². The van der Waals surface area contributed by atoms with Crippen LogP contribution in [-0.4, -0.2) is 32.6 Å². The standard InChI is InChI=1S/C19H19N5S2/c1-2-6-17-16(5-1)22-19(26-17)24-8-3-4-14(10-24)18-20-7-9-23(18)11-15-12-25-13-21-15/h1-2,5-7,9,12-14H,3-4,8,10-11H2/t14-/m1/s1. The molecule has 132 valence electrons. The second-order valence-electron chi connectivity index (χ2n) is 6.64. The molecule has 1 aliphatic heterocycles. The zero-order chi connectivity index (χ0) is 17.3. The average molecular weight is 382 g/mol. The van der Waals surface area contributed by atoms with Crippen molar-refractivity contribution in [2.45, 2.75) is 25.3 Å². The molecule has 1 fully saturated rings. The van der Waals surface area contributed by atoms with Gasteiger partial charge in [0.15, 0.2) is 5.13 Å². The van der Waals surface area contributed by atoms with Crippen LogP contribution in [0.15, 0.2) is 47.5 Å². The van der Waals surface area contributed by atoms with E-state index in [0.717, 1.165) is 36.0 Å². The molecule has 1 atom stereocenters.